The van der Waals surface area contributed by atoms with Crippen molar-refractivity contribution >= 4 is 17.8 Å². The van der Waals surface area contributed by atoms with Gasteiger partial charge in [-0.2, -0.15) is 0 Å². The smallest absolute Gasteiger partial charge is 0.149 e. The Morgan fingerprint density at radius 3 is 1.76 bits per heavy atom. The van der Waals surface area contributed by atoms with E-state index in [1.807, 2.05) is 48.5 Å². The molecule has 8 rings (SSSR count). The van der Waals surface area contributed by atoms with E-state index in [0.29, 0.717) is 0 Å². The second-order valence-corrected chi connectivity index (χ2v) is 14.7. The van der Waals surface area contributed by atoms with Crippen LogP contribution in [-0.2, 0) is 4.57 Å². The van der Waals surface area contributed by atoms with Gasteiger partial charge in [0, 0.05) is 15.8 Å². The van der Waals surface area contributed by atoms with Crippen LogP contribution in [0.2, 0.25) is 0 Å². The SMILES string of the molecule is O=P(c1ccccc1)(c1ccc(Oc2ccccc2)cc1-c1ccccc1)C12CC3CC(CC(C3)C1)C2. The van der Waals surface area contributed by atoms with Crippen molar-refractivity contribution in [3.05, 3.63) is 109 Å². The molecule has 4 saturated carbocycles. The second kappa shape index (κ2) is 9.03. The van der Waals surface area contributed by atoms with E-state index in [9.17, 15) is 0 Å². The Balaban J connectivity index is 1.44. The Morgan fingerprint density at radius 1 is 0.622 bits per heavy atom. The van der Waals surface area contributed by atoms with Gasteiger partial charge in [0.25, 0.3) is 0 Å². The van der Waals surface area contributed by atoms with Crippen molar-refractivity contribution in [1.82, 2.24) is 0 Å². The highest BCUT2D eigenvalue weighted by Crippen LogP contribution is 2.72. The molecule has 2 nitrogen and oxygen atoms in total. The van der Waals surface area contributed by atoms with Crippen molar-refractivity contribution < 1.29 is 9.30 Å². The fraction of sp³-hybridized carbons (Fsp3) is 0.294. The van der Waals surface area contributed by atoms with Gasteiger partial charge in [0.1, 0.15) is 18.6 Å². The predicted octanol–water partition coefficient (Wildman–Crippen LogP) is 8.43. The van der Waals surface area contributed by atoms with Crippen molar-refractivity contribution in [2.24, 2.45) is 17.8 Å². The lowest BCUT2D eigenvalue weighted by Gasteiger charge is -2.59. The quantitative estimate of drug-likeness (QED) is 0.246. The van der Waals surface area contributed by atoms with Crippen molar-refractivity contribution in [1.29, 1.82) is 0 Å². The van der Waals surface area contributed by atoms with Crippen LogP contribution in [0.5, 0.6) is 11.5 Å². The Kier molecular flexibility index (Phi) is 5.63. The number of rotatable bonds is 6. The Labute approximate surface area is 220 Å². The van der Waals surface area contributed by atoms with Crippen molar-refractivity contribution in [3.8, 4) is 22.6 Å². The van der Waals surface area contributed by atoms with Crippen LogP contribution in [0, 0.1) is 17.8 Å². The van der Waals surface area contributed by atoms with Crippen LogP contribution in [0.25, 0.3) is 11.1 Å². The Morgan fingerprint density at radius 2 is 1.16 bits per heavy atom. The van der Waals surface area contributed by atoms with Gasteiger partial charge in [-0.1, -0.05) is 78.9 Å². The molecule has 0 saturated heterocycles. The summed E-state index contributed by atoms with van der Waals surface area (Å²) in [4.78, 5) is 0. The van der Waals surface area contributed by atoms with E-state index in [4.69, 9.17) is 4.74 Å². The van der Waals surface area contributed by atoms with Crippen molar-refractivity contribution in [2.45, 2.75) is 43.7 Å². The maximum Gasteiger partial charge on any atom is 0.149 e. The zero-order valence-corrected chi connectivity index (χ0v) is 22.0. The number of hydrogen-bond donors (Lipinski definition) is 0. The Bertz CT molecular complexity index is 1410. The van der Waals surface area contributed by atoms with Crippen LogP contribution in [0.1, 0.15) is 38.5 Å². The maximum absolute atomic E-state index is 16.1. The van der Waals surface area contributed by atoms with Gasteiger partial charge in [0.2, 0.25) is 0 Å². The molecule has 4 bridgehead atoms. The maximum atomic E-state index is 16.1. The average molecular weight is 505 g/mol. The first-order valence-corrected chi connectivity index (χ1v) is 15.4. The Hall–Kier alpha value is -3.09. The molecule has 1 unspecified atom stereocenters. The molecule has 0 aromatic heterocycles. The van der Waals surface area contributed by atoms with E-state index in [0.717, 1.165) is 70.3 Å². The first-order valence-electron chi connectivity index (χ1n) is 13.7. The van der Waals surface area contributed by atoms with Gasteiger partial charge < -0.3 is 9.30 Å². The van der Waals surface area contributed by atoms with Gasteiger partial charge in [-0.3, -0.25) is 0 Å². The first-order chi connectivity index (χ1) is 18.1. The largest absolute Gasteiger partial charge is 0.457 e. The number of para-hydroxylation sites is 1. The molecule has 4 aliphatic carbocycles. The molecule has 37 heavy (non-hydrogen) atoms. The third kappa shape index (κ3) is 3.89. The highest BCUT2D eigenvalue weighted by molar-refractivity contribution is 7.80. The predicted molar refractivity (Wildman–Crippen MR) is 153 cm³/mol. The molecule has 4 aromatic carbocycles. The number of benzene rings is 4. The molecule has 0 amide bonds. The van der Waals surface area contributed by atoms with Crippen LogP contribution < -0.4 is 15.3 Å². The average Bonchev–Trinajstić information content (AvgIpc) is 2.93. The molecule has 4 aliphatic rings. The summed E-state index contributed by atoms with van der Waals surface area (Å²) in [6.45, 7) is 0. The minimum absolute atomic E-state index is 0.144. The van der Waals surface area contributed by atoms with E-state index in [1.165, 1.54) is 19.3 Å². The van der Waals surface area contributed by atoms with Crippen molar-refractivity contribution in [3.63, 3.8) is 0 Å². The third-order valence-corrected chi connectivity index (χ3v) is 13.1. The second-order valence-electron chi connectivity index (χ2n) is 11.5. The molecule has 0 N–H and O–H groups in total. The summed E-state index contributed by atoms with van der Waals surface area (Å²) in [5.74, 6) is 3.76. The van der Waals surface area contributed by atoms with E-state index < -0.39 is 7.14 Å². The van der Waals surface area contributed by atoms with Gasteiger partial charge in [0.15, 0.2) is 0 Å². The zero-order valence-electron chi connectivity index (χ0n) is 21.1. The molecule has 0 radical (unpaired) electrons. The fourth-order valence-electron chi connectivity index (χ4n) is 8.08. The van der Waals surface area contributed by atoms with E-state index in [2.05, 4.69) is 60.7 Å². The molecule has 3 heteroatoms. The highest BCUT2D eigenvalue weighted by atomic mass is 31.2. The normalized spacial score (nSPS) is 27.5. The van der Waals surface area contributed by atoms with Crippen molar-refractivity contribution in [2.75, 3.05) is 0 Å². The van der Waals surface area contributed by atoms with Crippen LogP contribution in [-0.4, -0.2) is 5.16 Å². The number of ether oxygens (including phenoxy) is 1. The standard InChI is InChI=1S/C34H33O2P/c35-37(31-14-8-3-9-15-31,34-22-25-18-26(23-34)20-27(19-25)24-34)33-17-16-30(36-29-12-6-2-7-13-29)21-32(33)28-10-4-1-5-11-28/h1-17,21,25-27H,18-20,22-24H2. The lowest BCUT2D eigenvalue weighted by Crippen LogP contribution is -2.53. The summed E-state index contributed by atoms with van der Waals surface area (Å²) in [7, 11) is -2.98. The highest BCUT2D eigenvalue weighted by Gasteiger charge is 2.60. The summed E-state index contributed by atoms with van der Waals surface area (Å²) in [5.41, 5.74) is 2.13. The molecule has 4 fully saturated rings. The molecule has 0 heterocycles. The third-order valence-electron chi connectivity index (χ3n) is 9.16. The summed E-state index contributed by atoms with van der Waals surface area (Å²) in [6, 6.07) is 37.1. The lowest BCUT2D eigenvalue weighted by molar-refractivity contribution is 0.0340. The molecule has 1 atom stereocenters. The van der Waals surface area contributed by atoms with Gasteiger partial charge in [-0.25, -0.2) is 0 Å². The zero-order chi connectivity index (χ0) is 24.9. The topological polar surface area (TPSA) is 26.3 Å². The van der Waals surface area contributed by atoms with Crippen LogP contribution in [0.15, 0.2) is 109 Å². The van der Waals surface area contributed by atoms with Gasteiger partial charge >= 0.3 is 0 Å². The van der Waals surface area contributed by atoms with Gasteiger partial charge in [0.05, 0.1) is 0 Å². The van der Waals surface area contributed by atoms with Crippen LogP contribution >= 0.6 is 7.14 Å². The van der Waals surface area contributed by atoms with Gasteiger partial charge in [-0.15, -0.1) is 0 Å². The number of hydrogen-bond acceptors (Lipinski definition) is 2. The molecule has 4 aromatic rings. The minimum atomic E-state index is -2.98. The summed E-state index contributed by atoms with van der Waals surface area (Å²) < 4.78 is 22.4. The summed E-state index contributed by atoms with van der Waals surface area (Å²) in [6.07, 6.45) is 7.31. The molecule has 0 spiro atoms. The van der Waals surface area contributed by atoms with E-state index in [-0.39, 0.29) is 5.16 Å². The summed E-state index contributed by atoms with van der Waals surface area (Å²) >= 11 is 0. The molecular weight excluding hydrogens is 471 g/mol. The van der Waals surface area contributed by atoms with E-state index >= 15 is 4.57 Å². The first kappa shape index (κ1) is 23.1. The fourth-order valence-corrected chi connectivity index (χ4v) is 12.4. The van der Waals surface area contributed by atoms with Gasteiger partial charge in [-0.05, 0) is 97.7 Å². The molecule has 0 aliphatic heterocycles. The minimum Gasteiger partial charge on any atom is -0.457 e. The van der Waals surface area contributed by atoms with Crippen LogP contribution in [0.4, 0.5) is 0 Å². The van der Waals surface area contributed by atoms with Crippen LogP contribution in [0.3, 0.4) is 0 Å². The monoisotopic (exact) mass is 504 g/mol. The summed E-state index contributed by atoms with van der Waals surface area (Å²) in [5, 5.41) is 1.88. The molecular formula is C34H33O2P. The van der Waals surface area contributed by atoms with E-state index in [1.54, 1.807) is 0 Å². The lowest BCUT2D eigenvalue weighted by atomic mass is 9.56. The molecule has 186 valence electrons.